The Morgan fingerprint density at radius 1 is 1.18 bits per heavy atom. The van der Waals surface area contributed by atoms with Crippen molar-refractivity contribution in [2.75, 3.05) is 40.5 Å². The molecule has 1 aromatic carbocycles. The van der Waals surface area contributed by atoms with Crippen LogP contribution in [0.3, 0.4) is 0 Å². The summed E-state index contributed by atoms with van der Waals surface area (Å²) in [6.07, 6.45) is 2.10. The maximum Gasteiger partial charge on any atom is 0.174 e. The van der Waals surface area contributed by atoms with Crippen molar-refractivity contribution >= 4 is 6.21 Å². The third kappa shape index (κ3) is 2.77. The fourth-order valence-electron chi connectivity index (χ4n) is 1.92. The van der Waals surface area contributed by atoms with E-state index >= 15 is 0 Å². The molecular weight excluding hydrogens is 218 g/mol. The molecule has 0 radical (unpaired) electrons. The zero-order valence-corrected chi connectivity index (χ0v) is 10.3. The van der Waals surface area contributed by atoms with Crippen LogP contribution in [0.25, 0.3) is 0 Å². The van der Waals surface area contributed by atoms with Crippen LogP contribution < -0.4 is 9.47 Å². The Hall–Kier alpha value is -1.55. The van der Waals surface area contributed by atoms with Crippen LogP contribution in [0.2, 0.25) is 0 Å². The van der Waals surface area contributed by atoms with E-state index in [1.807, 2.05) is 18.2 Å². The molecule has 1 aliphatic rings. The summed E-state index contributed by atoms with van der Waals surface area (Å²) < 4.78 is 18.2. The van der Waals surface area contributed by atoms with Crippen LogP contribution in [0.1, 0.15) is 5.56 Å². The number of para-hydroxylation sites is 1. The number of rotatable bonds is 3. The SMILES string of the molecule is COc1cccc(C=[N+]2CCOCC2)c1OC. The van der Waals surface area contributed by atoms with Gasteiger partial charge in [-0.2, -0.15) is 0 Å². The van der Waals surface area contributed by atoms with Crippen LogP contribution in [0.5, 0.6) is 11.5 Å². The average Bonchev–Trinajstić information content (AvgIpc) is 2.39. The first-order chi connectivity index (χ1) is 8.35. The van der Waals surface area contributed by atoms with E-state index in [0.29, 0.717) is 0 Å². The highest BCUT2D eigenvalue weighted by Gasteiger charge is 2.14. The summed E-state index contributed by atoms with van der Waals surface area (Å²) >= 11 is 0. The maximum absolute atomic E-state index is 5.39. The second-order valence-corrected chi connectivity index (χ2v) is 3.86. The number of ether oxygens (including phenoxy) is 3. The number of morpholine rings is 1. The third-order valence-corrected chi connectivity index (χ3v) is 2.80. The fourth-order valence-corrected chi connectivity index (χ4v) is 1.92. The van der Waals surface area contributed by atoms with Gasteiger partial charge in [0.15, 0.2) is 30.8 Å². The van der Waals surface area contributed by atoms with Crippen molar-refractivity contribution in [3.63, 3.8) is 0 Å². The molecule has 1 aliphatic heterocycles. The first-order valence-corrected chi connectivity index (χ1v) is 5.73. The van der Waals surface area contributed by atoms with Crippen LogP contribution in [-0.2, 0) is 4.74 Å². The fraction of sp³-hybridized carbons (Fsp3) is 0.462. The maximum atomic E-state index is 5.39. The van der Waals surface area contributed by atoms with Gasteiger partial charge >= 0.3 is 0 Å². The normalized spacial score (nSPS) is 15.5. The molecule has 0 bridgehead atoms. The van der Waals surface area contributed by atoms with Gasteiger partial charge < -0.3 is 14.2 Å². The van der Waals surface area contributed by atoms with E-state index in [4.69, 9.17) is 14.2 Å². The minimum absolute atomic E-state index is 0.759. The highest BCUT2D eigenvalue weighted by molar-refractivity contribution is 5.81. The Balaban J connectivity index is 2.30. The largest absolute Gasteiger partial charge is 0.493 e. The molecule has 1 aromatic rings. The van der Waals surface area contributed by atoms with Gasteiger partial charge in [0.2, 0.25) is 0 Å². The Morgan fingerprint density at radius 3 is 2.59 bits per heavy atom. The lowest BCUT2D eigenvalue weighted by Gasteiger charge is -2.12. The van der Waals surface area contributed by atoms with Crippen LogP contribution in [0.4, 0.5) is 0 Å². The molecule has 4 heteroatoms. The summed E-state index contributed by atoms with van der Waals surface area (Å²) in [6, 6.07) is 5.89. The number of nitrogens with zero attached hydrogens (tertiary/aromatic N) is 1. The van der Waals surface area contributed by atoms with Gasteiger partial charge in [-0.3, -0.25) is 0 Å². The molecule has 0 aliphatic carbocycles. The van der Waals surface area contributed by atoms with E-state index in [1.165, 1.54) is 0 Å². The molecule has 0 aromatic heterocycles. The van der Waals surface area contributed by atoms with Gasteiger partial charge in [-0.1, -0.05) is 6.07 Å². The van der Waals surface area contributed by atoms with Gasteiger partial charge in [-0.25, -0.2) is 4.58 Å². The lowest BCUT2D eigenvalue weighted by molar-refractivity contribution is -0.544. The molecule has 92 valence electrons. The second kappa shape index (κ2) is 5.68. The number of hydrogen-bond donors (Lipinski definition) is 0. The van der Waals surface area contributed by atoms with E-state index in [0.717, 1.165) is 43.4 Å². The van der Waals surface area contributed by atoms with Crippen molar-refractivity contribution in [3.05, 3.63) is 23.8 Å². The van der Waals surface area contributed by atoms with Crippen molar-refractivity contribution in [2.24, 2.45) is 0 Å². The summed E-state index contributed by atoms with van der Waals surface area (Å²) in [5, 5.41) is 0. The van der Waals surface area contributed by atoms with Crippen molar-refractivity contribution in [1.82, 2.24) is 0 Å². The smallest absolute Gasteiger partial charge is 0.174 e. The van der Waals surface area contributed by atoms with Crippen LogP contribution >= 0.6 is 0 Å². The van der Waals surface area contributed by atoms with Crippen molar-refractivity contribution in [3.8, 4) is 11.5 Å². The molecule has 0 amide bonds. The van der Waals surface area contributed by atoms with Crippen LogP contribution in [0.15, 0.2) is 18.2 Å². The van der Waals surface area contributed by atoms with E-state index < -0.39 is 0 Å². The van der Waals surface area contributed by atoms with Gasteiger partial charge in [0.05, 0.1) is 19.8 Å². The standard InChI is InChI=1S/C13H18NO3/c1-15-12-5-3-4-11(13(12)16-2)10-14-6-8-17-9-7-14/h3-5,10H,6-9H2,1-2H3/q+1. The van der Waals surface area contributed by atoms with E-state index in [2.05, 4.69) is 10.8 Å². The molecule has 0 atom stereocenters. The second-order valence-electron chi connectivity index (χ2n) is 3.86. The Labute approximate surface area is 101 Å². The lowest BCUT2D eigenvalue weighted by atomic mass is 10.2. The molecule has 1 saturated heterocycles. The number of benzene rings is 1. The first-order valence-electron chi connectivity index (χ1n) is 5.73. The Kier molecular flexibility index (Phi) is 3.98. The van der Waals surface area contributed by atoms with E-state index in [9.17, 15) is 0 Å². The minimum atomic E-state index is 0.759. The summed E-state index contributed by atoms with van der Waals surface area (Å²) in [7, 11) is 3.31. The van der Waals surface area contributed by atoms with Crippen LogP contribution in [0, 0.1) is 0 Å². The van der Waals surface area contributed by atoms with Gasteiger partial charge in [0.25, 0.3) is 0 Å². The van der Waals surface area contributed by atoms with Crippen molar-refractivity contribution in [1.29, 1.82) is 0 Å². The third-order valence-electron chi connectivity index (χ3n) is 2.80. The number of methoxy groups -OCH3 is 2. The monoisotopic (exact) mass is 236 g/mol. The molecule has 1 heterocycles. The molecule has 0 saturated carbocycles. The quantitative estimate of drug-likeness (QED) is 0.738. The van der Waals surface area contributed by atoms with Crippen molar-refractivity contribution in [2.45, 2.75) is 0 Å². The molecule has 17 heavy (non-hydrogen) atoms. The predicted octanol–water partition coefficient (Wildman–Crippen LogP) is 1.17. The molecular formula is C13H18NO3+. The average molecular weight is 236 g/mol. The van der Waals surface area contributed by atoms with Gasteiger partial charge in [-0.15, -0.1) is 0 Å². The summed E-state index contributed by atoms with van der Waals surface area (Å²) in [5.41, 5.74) is 1.04. The highest BCUT2D eigenvalue weighted by Crippen LogP contribution is 2.29. The molecule has 1 fully saturated rings. The van der Waals surface area contributed by atoms with Gasteiger partial charge in [0, 0.05) is 0 Å². The summed E-state index contributed by atoms with van der Waals surface area (Å²) in [4.78, 5) is 0. The summed E-state index contributed by atoms with van der Waals surface area (Å²) in [6.45, 7) is 3.40. The molecule has 0 spiro atoms. The predicted molar refractivity (Wildman–Crippen MR) is 65.5 cm³/mol. The summed E-state index contributed by atoms with van der Waals surface area (Å²) in [5.74, 6) is 1.54. The van der Waals surface area contributed by atoms with Crippen molar-refractivity contribution < 1.29 is 18.8 Å². The minimum Gasteiger partial charge on any atom is -0.493 e. The number of hydrogen-bond acceptors (Lipinski definition) is 3. The van der Waals surface area contributed by atoms with Gasteiger partial charge in [0.1, 0.15) is 13.2 Å². The molecule has 0 N–H and O–H groups in total. The first kappa shape index (κ1) is 11.9. The molecule has 0 unspecified atom stereocenters. The topological polar surface area (TPSA) is 30.7 Å². The molecule has 4 nitrogen and oxygen atoms in total. The lowest BCUT2D eigenvalue weighted by Crippen LogP contribution is -2.29. The highest BCUT2D eigenvalue weighted by atomic mass is 16.5. The zero-order chi connectivity index (χ0) is 12.1. The van der Waals surface area contributed by atoms with Crippen LogP contribution in [-0.4, -0.2) is 51.3 Å². The van der Waals surface area contributed by atoms with Gasteiger partial charge in [-0.05, 0) is 12.1 Å². The molecule has 2 rings (SSSR count). The Bertz CT molecular complexity index is 407. The van der Waals surface area contributed by atoms with E-state index in [1.54, 1.807) is 14.2 Å². The Morgan fingerprint density at radius 2 is 1.94 bits per heavy atom. The zero-order valence-electron chi connectivity index (χ0n) is 10.3. The van der Waals surface area contributed by atoms with E-state index in [-0.39, 0.29) is 0 Å².